The number of ether oxygens (including phenoxy) is 2. The first-order chi connectivity index (χ1) is 13.6. The molecule has 1 amide bonds. The fourth-order valence-electron chi connectivity index (χ4n) is 4.32. The van der Waals surface area contributed by atoms with Gasteiger partial charge in [0.25, 0.3) is 5.69 Å². The number of fused-ring (bicyclic) bond motifs is 3. The number of benzene rings is 1. The van der Waals surface area contributed by atoms with E-state index in [2.05, 4.69) is 15.1 Å². The predicted molar refractivity (Wildman–Crippen MR) is 103 cm³/mol. The van der Waals surface area contributed by atoms with E-state index in [-0.39, 0.29) is 28.5 Å². The molecule has 1 N–H and O–H groups in total. The second-order valence-corrected chi connectivity index (χ2v) is 7.46. The number of nitro groups is 1. The first-order valence-corrected chi connectivity index (χ1v) is 9.83. The Bertz CT molecular complexity index is 737. The lowest BCUT2D eigenvalue weighted by atomic mass is 9.84. The summed E-state index contributed by atoms with van der Waals surface area (Å²) in [7, 11) is 0. The van der Waals surface area contributed by atoms with E-state index in [4.69, 9.17) is 9.47 Å². The van der Waals surface area contributed by atoms with Gasteiger partial charge in [0, 0.05) is 50.5 Å². The minimum absolute atomic E-state index is 0.00841. The van der Waals surface area contributed by atoms with Crippen LogP contribution in [-0.2, 0) is 20.7 Å². The number of amides is 1. The summed E-state index contributed by atoms with van der Waals surface area (Å²) in [5.74, 6) is -0.287. The van der Waals surface area contributed by atoms with Crippen LogP contribution in [0.15, 0.2) is 18.2 Å². The van der Waals surface area contributed by atoms with Crippen molar-refractivity contribution in [3.8, 4) is 0 Å². The lowest BCUT2D eigenvalue weighted by molar-refractivity contribution is -0.384. The number of hydrogen-bond donors (Lipinski definition) is 1. The Labute approximate surface area is 163 Å². The van der Waals surface area contributed by atoms with E-state index in [1.165, 1.54) is 6.07 Å². The first-order valence-electron chi connectivity index (χ1n) is 9.83. The quantitative estimate of drug-likeness (QED) is 0.575. The van der Waals surface area contributed by atoms with E-state index in [1.807, 2.05) is 0 Å². The van der Waals surface area contributed by atoms with Crippen molar-refractivity contribution >= 4 is 17.3 Å². The maximum Gasteiger partial charge on any atom is 0.269 e. The van der Waals surface area contributed by atoms with Gasteiger partial charge in [-0.15, -0.1) is 0 Å². The first kappa shape index (κ1) is 19.1. The molecule has 0 radical (unpaired) electrons. The van der Waals surface area contributed by atoms with Gasteiger partial charge in [-0.25, -0.2) is 0 Å². The average Bonchev–Trinajstić information content (AvgIpc) is 2.73. The van der Waals surface area contributed by atoms with E-state index >= 15 is 0 Å². The highest BCUT2D eigenvalue weighted by molar-refractivity contribution is 5.82. The van der Waals surface area contributed by atoms with Crippen LogP contribution in [0.5, 0.6) is 0 Å². The summed E-state index contributed by atoms with van der Waals surface area (Å²) in [4.78, 5) is 28.2. The normalized spacial score (nSPS) is 24.9. The van der Waals surface area contributed by atoms with Crippen molar-refractivity contribution in [2.75, 3.05) is 64.1 Å². The number of hydrogen-bond acceptors (Lipinski definition) is 7. The summed E-state index contributed by atoms with van der Waals surface area (Å²) in [6.07, 6.45) is 0.491. The molecule has 0 aliphatic carbocycles. The third-order valence-corrected chi connectivity index (χ3v) is 5.82. The van der Waals surface area contributed by atoms with Gasteiger partial charge in [0.2, 0.25) is 5.91 Å². The maximum absolute atomic E-state index is 13.0. The van der Waals surface area contributed by atoms with Gasteiger partial charge in [-0.1, -0.05) is 0 Å². The van der Waals surface area contributed by atoms with E-state index in [0.717, 1.165) is 44.1 Å². The van der Waals surface area contributed by atoms with E-state index < -0.39 is 0 Å². The Morgan fingerprint density at radius 3 is 2.79 bits per heavy atom. The van der Waals surface area contributed by atoms with Gasteiger partial charge in [-0.05, 0) is 18.1 Å². The summed E-state index contributed by atoms with van der Waals surface area (Å²) >= 11 is 0. The van der Waals surface area contributed by atoms with Crippen molar-refractivity contribution in [2.45, 2.75) is 12.5 Å². The molecule has 0 aromatic heterocycles. The molecule has 1 aromatic carbocycles. The van der Waals surface area contributed by atoms with Crippen LogP contribution in [0.25, 0.3) is 0 Å². The van der Waals surface area contributed by atoms with Crippen molar-refractivity contribution in [3.63, 3.8) is 0 Å². The fraction of sp³-hybridized carbons (Fsp3) is 0.632. The largest absolute Gasteiger partial charge is 0.379 e. The van der Waals surface area contributed by atoms with Crippen molar-refractivity contribution in [1.29, 1.82) is 0 Å². The zero-order chi connectivity index (χ0) is 19.5. The highest BCUT2D eigenvalue weighted by atomic mass is 16.6. The third kappa shape index (κ3) is 3.96. The number of nitro benzene ring substituents is 1. The smallest absolute Gasteiger partial charge is 0.269 e. The number of carbonyl (C=O) groups is 1. The number of anilines is 1. The van der Waals surface area contributed by atoms with Gasteiger partial charge in [0.1, 0.15) is 0 Å². The van der Waals surface area contributed by atoms with Gasteiger partial charge in [-0.2, -0.15) is 0 Å². The Morgan fingerprint density at radius 1 is 1.21 bits per heavy atom. The number of morpholine rings is 2. The van der Waals surface area contributed by atoms with Gasteiger partial charge in [-0.3, -0.25) is 19.8 Å². The van der Waals surface area contributed by atoms with Crippen LogP contribution in [-0.4, -0.2) is 80.9 Å². The zero-order valence-electron chi connectivity index (χ0n) is 15.8. The Morgan fingerprint density at radius 2 is 2.00 bits per heavy atom. The number of nitrogens with one attached hydrogen (secondary N) is 1. The van der Waals surface area contributed by atoms with Gasteiger partial charge >= 0.3 is 0 Å². The minimum atomic E-state index is -0.386. The summed E-state index contributed by atoms with van der Waals surface area (Å²) in [5, 5.41) is 14.2. The van der Waals surface area contributed by atoms with E-state index in [0.29, 0.717) is 32.7 Å². The van der Waals surface area contributed by atoms with Gasteiger partial charge < -0.3 is 19.7 Å². The minimum Gasteiger partial charge on any atom is -0.379 e. The fourth-order valence-corrected chi connectivity index (χ4v) is 4.32. The molecule has 0 bridgehead atoms. The van der Waals surface area contributed by atoms with Crippen LogP contribution in [0, 0.1) is 16.0 Å². The molecule has 0 spiro atoms. The monoisotopic (exact) mass is 390 g/mol. The van der Waals surface area contributed by atoms with E-state index in [1.54, 1.807) is 12.1 Å². The molecule has 2 saturated heterocycles. The van der Waals surface area contributed by atoms with Crippen LogP contribution in [0.3, 0.4) is 0 Å². The molecular formula is C19H26N4O5. The zero-order valence-corrected chi connectivity index (χ0v) is 15.8. The second-order valence-electron chi connectivity index (χ2n) is 7.46. The summed E-state index contributed by atoms with van der Waals surface area (Å²) in [6.45, 7) is 6.42. The highest BCUT2D eigenvalue weighted by Crippen LogP contribution is 2.37. The molecule has 1 aromatic rings. The molecule has 3 aliphatic rings. The Hall–Kier alpha value is -2.23. The third-order valence-electron chi connectivity index (χ3n) is 5.82. The summed E-state index contributed by atoms with van der Waals surface area (Å²) in [5.41, 5.74) is 1.91. The molecule has 3 aliphatic heterocycles. The maximum atomic E-state index is 13.0. The molecule has 3 heterocycles. The molecule has 28 heavy (non-hydrogen) atoms. The van der Waals surface area contributed by atoms with Gasteiger partial charge in [0.05, 0.1) is 43.3 Å². The van der Waals surface area contributed by atoms with Crippen LogP contribution in [0.2, 0.25) is 0 Å². The number of rotatable bonds is 5. The Balaban J connectivity index is 1.45. The van der Waals surface area contributed by atoms with Gasteiger partial charge in [0.15, 0.2) is 0 Å². The van der Waals surface area contributed by atoms with Crippen LogP contribution < -0.4 is 10.2 Å². The second kappa shape index (κ2) is 8.42. The summed E-state index contributed by atoms with van der Waals surface area (Å²) < 4.78 is 11.0. The lowest BCUT2D eigenvalue weighted by Crippen LogP contribution is -2.57. The molecule has 9 nitrogen and oxygen atoms in total. The van der Waals surface area contributed by atoms with E-state index in [9.17, 15) is 14.9 Å². The molecule has 152 valence electrons. The van der Waals surface area contributed by atoms with Crippen molar-refractivity contribution in [3.05, 3.63) is 33.9 Å². The lowest BCUT2D eigenvalue weighted by Gasteiger charge is -2.45. The molecule has 9 heteroatoms. The number of carbonyl (C=O) groups excluding carboxylic acids is 1. The number of non-ortho nitro benzene ring substituents is 1. The molecule has 0 unspecified atom stereocenters. The average molecular weight is 390 g/mol. The molecule has 2 atom stereocenters. The highest BCUT2D eigenvalue weighted by Gasteiger charge is 2.40. The predicted octanol–water partition coefficient (Wildman–Crippen LogP) is 0.421. The number of nitrogens with zero attached hydrogens (tertiary/aromatic N) is 3. The van der Waals surface area contributed by atoms with Crippen LogP contribution >= 0.6 is 0 Å². The standard InChI is InChI=1S/C19H26N4O5/c24-19(20-3-4-21-5-8-27-9-6-21)16-12-14-11-15(23(25)26)1-2-17(14)22-7-10-28-13-18(16)22/h1-2,11,16,18H,3-10,12-13H2,(H,20,24)/t16-,18+/m0/s1. The van der Waals surface area contributed by atoms with Crippen molar-refractivity contribution in [2.24, 2.45) is 5.92 Å². The molecule has 2 fully saturated rings. The SMILES string of the molecule is O=C(NCCN1CCOCC1)[C@H]1Cc2cc([N+](=O)[O-])ccc2N2CCOC[C@H]12. The molecule has 4 rings (SSSR count). The Kier molecular flexibility index (Phi) is 5.74. The van der Waals surface area contributed by atoms with Crippen LogP contribution in [0.4, 0.5) is 11.4 Å². The molecule has 0 saturated carbocycles. The van der Waals surface area contributed by atoms with Crippen molar-refractivity contribution < 1.29 is 19.2 Å². The van der Waals surface area contributed by atoms with Crippen LogP contribution in [0.1, 0.15) is 5.56 Å². The molecular weight excluding hydrogens is 364 g/mol. The topological polar surface area (TPSA) is 97.2 Å². The summed E-state index contributed by atoms with van der Waals surface area (Å²) in [6, 6.07) is 4.91. The van der Waals surface area contributed by atoms with Crippen molar-refractivity contribution in [1.82, 2.24) is 10.2 Å².